The van der Waals surface area contributed by atoms with Crippen LogP contribution in [0.25, 0.3) is 6.08 Å². The quantitative estimate of drug-likeness (QED) is 0.879. The zero-order valence-corrected chi connectivity index (χ0v) is 14.8. The Morgan fingerprint density at radius 2 is 1.92 bits per heavy atom. The molecule has 7 nitrogen and oxygen atoms in total. The first-order chi connectivity index (χ1) is 11.8. The fourth-order valence-corrected chi connectivity index (χ4v) is 2.81. The van der Waals surface area contributed by atoms with Gasteiger partial charge in [0.15, 0.2) is 11.5 Å². The van der Waals surface area contributed by atoms with Crippen LogP contribution in [0.3, 0.4) is 0 Å². The Morgan fingerprint density at radius 1 is 1.16 bits per heavy atom. The Hall–Kier alpha value is -2.96. The van der Waals surface area contributed by atoms with E-state index >= 15 is 0 Å². The van der Waals surface area contributed by atoms with Crippen molar-refractivity contribution in [3.63, 3.8) is 0 Å². The highest BCUT2D eigenvalue weighted by Crippen LogP contribution is 2.47. The van der Waals surface area contributed by atoms with Crippen molar-refractivity contribution in [1.82, 2.24) is 9.97 Å². The van der Waals surface area contributed by atoms with Crippen LogP contribution in [0.4, 0.5) is 11.8 Å². The van der Waals surface area contributed by atoms with E-state index in [1.807, 2.05) is 32.1 Å². The zero-order valence-electron chi connectivity index (χ0n) is 14.8. The van der Waals surface area contributed by atoms with E-state index in [9.17, 15) is 0 Å². The first kappa shape index (κ1) is 16.9. The molecule has 25 heavy (non-hydrogen) atoms. The third-order valence-corrected chi connectivity index (χ3v) is 4.06. The molecule has 3 rings (SSSR count). The molecule has 0 fully saturated rings. The van der Waals surface area contributed by atoms with Crippen LogP contribution in [0.15, 0.2) is 18.3 Å². The molecule has 4 N–H and O–H groups in total. The second-order valence-corrected chi connectivity index (χ2v) is 6.37. The maximum Gasteiger partial charge on any atom is 0.221 e. The SMILES string of the molecule is COc1cc(Cc2cnc(N)nc2N)c2c(c1OC)OC(C)(C)C=C2. The second-order valence-electron chi connectivity index (χ2n) is 6.37. The third kappa shape index (κ3) is 3.17. The van der Waals surface area contributed by atoms with Gasteiger partial charge in [-0.3, -0.25) is 0 Å². The molecule has 0 aliphatic carbocycles. The van der Waals surface area contributed by atoms with Crippen LogP contribution in [-0.2, 0) is 6.42 Å². The van der Waals surface area contributed by atoms with Crippen molar-refractivity contribution < 1.29 is 14.2 Å². The summed E-state index contributed by atoms with van der Waals surface area (Å²) in [5.74, 6) is 2.33. The van der Waals surface area contributed by atoms with Crippen LogP contribution in [0.2, 0.25) is 0 Å². The molecular weight excluding hydrogens is 320 g/mol. The van der Waals surface area contributed by atoms with Crippen molar-refractivity contribution in [3.05, 3.63) is 35.0 Å². The Morgan fingerprint density at radius 3 is 2.56 bits per heavy atom. The summed E-state index contributed by atoms with van der Waals surface area (Å²) in [6, 6.07) is 1.92. The van der Waals surface area contributed by atoms with Gasteiger partial charge in [0.2, 0.25) is 11.7 Å². The number of hydrogen-bond donors (Lipinski definition) is 2. The standard InChI is InChI=1S/C18H22N4O3/c1-18(2)6-5-12-10(7-11-9-21-17(20)22-16(11)19)8-13(23-3)15(24-4)14(12)25-18/h5-6,8-9H,7H2,1-4H3,(H4,19,20,21,22). The molecule has 1 aromatic heterocycles. The molecule has 0 saturated carbocycles. The molecule has 0 bridgehead atoms. The topological polar surface area (TPSA) is 106 Å². The van der Waals surface area contributed by atoms with Crippen molar-refractivity contribution in [3.8, 4) is 17.2 Å². The third-order valence-electron chi connectivity index (χ3n) is 4.06. The number of anilines is 2. The van der Waals surface area contributed by atoms with Crippen LogP contribution in [0.5, 0.6) is 17.2 Å². The maximum absolute atomic E-state index is 6.14. The Balaban J connectivity index is 2.14. The number of nitrogens with zero attached hydrogens (tertiary/aromatic N) is 2. The highest BCUT2D eigenvalue weighted by Gasteiger charge is 2.29. The fraction of sp³-hybridized carbons (Fsp3) is 0.333. The normalized spacial score (nSPS) is 14.6. The number of methoxy groups -OCH3 is 2. The summed E-state index contributed by atoms with van der Waals surface area (Å²) in [4.78, 5) is 8.05. The molecule has 0 atom stereocenters. The van der Waals surface area contributed by atoms with Gasteiger partial charge in [0.05, 0.1) is 14.2 Å². The van der Waals surface area contributed by atoms with Crippen molar-refractivity contribution >= 4 is 17.8 Å². The summed E-state index contributed by atoms with van der Waals surface area (Å²) in [7, 11) is 3.19. The number of aromatic nitrogens is 2. The summed E-state index contributed by atoms with van der Waals surface area (Å²) in [5, 5.41) is 0. The van der Waals surface area contributed by atoms with Gasteiger partial charge in [0.25, 0.3) is 0 Å². The van der Waals surface area contributed by atoms with Crippen molar-refractivity contribution in [2.24, 2.45) is 0 Å². The molecule has 0 spiro atoms. The van der Waals surface area contributed by atoms with Gasteiger partial charge >= 0.3 is 0 Å². The first-order valence-electron chi connectivity index (χ1n) is 7.87. The lowest BCUT2D eigenvalue weighted by molar-refractivity contribution is 0.150. The number of nitrogen functional groups attached to an aromatic ring is 2. The van der Waals surface area contributed by atoms with Crippen molar-refractivity contribution in [2.75, 3.05) is 25.7 Å². The number of ether oxygens (including phenoxy) is 3. The lowest BCUT2D eigenvalue weighted by Crippen LogP contribution is -2.28. The van der Waals surface area contributed by atoms with Gasteiger partial charge in [-0.1, -0.05) is 6.08 Å². The molecular formula is C18H22N4O3. The van der Waals surface area contributed by atoms with E-state index in [2.05, 4.69) is 9.97 Å². The Kier molecular flexibility index (Phi) is 4.16. The van der Waals surface area contributed by atoms with E-state index in [1.165, 1.54) is 0 Å². The molecule has 7 heteroatoms. The zero-order chi connectivity index (χ0) is 18.2. The number of benzene rings is 1. The minimum Gasteiger partial charge on any atom is -0.493 e. The molecule has 1 aliphatic rings. The minimum atomic E-state index is -0.437. The molecule has 0 amide bonds. The average Bonchev–Trinajstić information content (AvgIpc) is 2.55. The van der Waals surface area contributed by atoms with Crippen LogP contribution < -0.4 is 25.7 Å². The van der Waals surface area contributed by atoms with Crippen molar-refractivity contribution in [1.29, 1.82) is 0 Å². The highest BCUT2D eigenvalue weighted by atomic mass is 16.5. The number of nitrogens with two attached hydrogens (primary N) is 2. The fourth-order valence-electron chi connectivity index (χ4n) is 2.81. The van der Waals surface area contributed by atoms with Crippen molar-refractivity contribution in [2.45, 2.75) is 25.9 Å². The average molecular weight is 342 g/mol. The van der Waals surface area contributed by atoms with Crippen LogP contribution >= 0.6 is 0 Å². The summed E-state index contributed by atoms with van der Waals surface area (Å²) in [6.45, 7) is 3.97. The summed E-state index contributed by atoms with van der Waals surface area (Å²) >= 11 is 0. The van der Waals surface area contributed by atoms with Gasteiger partial charge in [-0.25, -0.2) is 4.98 Å². The number of rotatable bonds is 4. The molecule has 1 aliphatic heterocycles. The maximum atomic E-state index is 6.14. The van der Waals surface area contributed by atoms with E-state index in [-0.39, 0.29) is 5.95 Å². The number of hydrogen-bond acceptors (Lipinski definition) is 7. The van der Waals surface area contributed by atoms with Crippen LogP contribution in [0.1, 0.15) is 30.5 Å². The lowest BCUT2D eigenvalue weighted by atomic mass is 9.94. The Labute approximate surface area is 146 Å². The summed E-state index contributed by atoms with van der Waals surface area (Å²) < 4.78 is 17.1. The number of fused-ring (bicyclic) bond motifs is 1. The van der Waals surface area contributed by atoms with Gasteiger partial charge in [-0.2, -0.15) is 4.98 Å². The van der Waals surface area contributed by atoms with E-state index in [0.717, 1.165) is 16.7 Å². The molecule has 0 unspecified atom stereocenters. The van der Waals surface area contributed by atoms with Crippen LogP contribution in [-0.4, -0.2) is 29.8 Å². The monoisotopic (exact) mass is 342 g/mol. The summed E-state index contributed by atoms with van der Waals surface area (Å²) in [6.07, 6.45) is 6.19. The van der Waals surface area contributed by atoms with Gasteiger partial charge in [-0.15, -0.1) is 0 Å². The molecule has 2 aromatic rings. The Bertz CT molecular complexity index is 847. The van der Waals surface area contributed by atoms with Gasteiger partial charge in [-0.05, 0) is 31.6 Å². The molecule has 0 saturated heterocycles. The summed E-state index contributed by atoms with van der Waals surface area (Å²) in [5.41, 5.74) is 13.8. The van der Waals surface area contributed by atoms with E-state index in [0.29, 0.717) is 29.5 Å². The van der Waals surface area contributed by atoms with E-state index < -0.39 is 5.60 Å². The second kappa shape index (κ2) is 6.16. The molecule has 1 aromatic carbocycles. The van der Waals surface area contributed by atoms with E-state index in [1.54, 1.807) is 20.4 Å². The largest absolute Gasteiger partial charge is 0.493 e. The molecule has 2 heterocycles. The first-order valence-corrected chi connectivity index (χ1v) is 7.87. The highest BCUT2D eigenvalue weighted by molar-refractivity contribution is 5.72. The minimum absolute atomic E-state index is 0.153. The lowest BCUT2D eigenvalue weighted by Gasteiger charge is -2.30. The smallest absolute Gasteiger partial charge is 0.221 e. The van der Waals surface area contributed by atoms with Gasteiger partial charge in [0, 0.05) is 23.7 Å². The van der Waals surface area contributed by atoms with Gasteiger partial charge in [0.1, 0.15) is 11.4 Å². The predicted octanol–water partition coefficient (Wildman–Crippen LogP) is 2.43. The van der Waals surface area contributed by atoms with Crippen LogP contribution in [0, 0.1) is 0 Å². The van der Waals surface area contributed by atoms with E-state index in [4.69, 9.17) is 25.7 Å². The molecule has 132 valence electrons. The van der Waals surface area contributed by atoms with Gasteiger partial charge < -0.3 is 25.7 Å². The predicted molar refractivity (Wildman–Crippen MR) is 96.9 cm³/mol. The molecule has 0 radical (unpaired) electrons.